The van der Waals surface area contributed by atoms with Crippen LogP contribution in [0.3, 0.4) is 0 Å². The first kappa shape index (κ1) is 17.1. The van der Waals surface area contributed by atoms with Gasteiger partial charge in [0.05, 0.1) is 0 Å². The SMILES string of the molecule is Clc1ccc([C@@]2(CCN3CCCCC3)CCCc3ccccc32)cc1. The first-order chi connectivity index (χ1) is 12.3. The summed E-state index contributed by atoms with van der Waals surface area (Å²) in [4.78, 5) is 2.68. The van der Waals surface area contributed by atoms with Gasteiger partial charge in [0.1, 0.15) is 0 Å². The zero-order valence-corrected chi connectivity index (χ0v) is 15.8. The van der Waals surface area contributed by atoms with Crippen molar-refractivity contribution in [1.82, 2.24) is 4.90 Å². The second-order valence-corrected chi connectivity index (χ2v) is 8.19. The van der Waals surface area contributed by atoms with Gasteiger partial charge in [-0.15, -0.1) is 0 Å². The fourth-order valence-corrected chi connectivity index (χ4v) is 5.05. The number of likely N-dealkylation sites (tertiary alicyclic amines) is 1. The molecule has 1 atom stereocenters. The van der Waals surface area contributed by atoms with Crippen LogP contribution in [0.2, 0.25) is 5.02 Å². The molecule has 4 rings (SSSR count). The summed E-state index contributed by atoms with van der Waals surface area (Å²) in [5, 5.41) is 0.832. The lowest BCUT2D eigenvalue weighted by molar-refractivity contribution is 0.206. The van der Waals surface area contributed by atoms with Crippen LogP contribution >= 0.6 is 11.6 Å². The normalized spacial score (nSPS) is 24.0. The molecular weight excluding hydrogens is 326 g/mol. The van der Waals surface area contributed by atoms with Gasteiger partial charge in [-0.3, -0.25) is 0 Å². The summed E-state index contributed by atoms with van der Waals surface area (Å²) in [6, 6.07) is 17.8. The van der Waals surface area contributed by atoms with E-state index in [-0.39, 0.29) is 5.41 Å². The third-order valence-corrected chi connectivity index (χ3v) is 6.53. The number of aryl methyl sites for hydroxylation is 1. The molecule has 0 unspecified atom stereocenters. The molecule has 0 N–H and O–H groups in total. The summed E-state index contributed by atoms with van der Waals surface area (Å²) in [6.07, 6.45) is 9.09. The van der Waals surface area contributed by atoms with Gasteiger partial charge in [0.15, 0.2) is 0 Å². The smallest absolute Gasteiger partial charge is 0.0406 e. The maximum atomic E-state index is 6.19. The maximum absolute atomic E-state index is 6.19. The summed E-state index contributed by atoms with van der Waals surface area (Å²) in [5.41, 5.74) is 4.70. The van der Waals surface area contributed by atoms with E-state index in [2.05, 4.69) is 53.4 Å². The van der Waals surface area contributed by atoms with E-state index in [1.807, 2.05) is 0 Å². The fraction of sp³-hybridized carbons (Fsp3) is 0.478. The van der Waals surface area contributed by atoms with Gasteiger partial charge in [0.25, 0.3) is 0 Å². The highest BCUT2D eigenvalue weighted by Gasteiger charge is 2.38. The van der Waals surface area contributed by atoms with Gasteiger partial charge in [-0.25, -0.2) is 0 Å². The second kappa shape index (κ2) is 7.51. The molecular formula is C23H28ClN. The minimum absolute atomic E-state index is 0.150. The number of fused-ring (bicyclic) bond motifs is 1. The summed E-state index contributed by atoms with van der Waals surface area (Å²) < 4.78 is 0. The Morgan fingerprint density at radius 2 is 1.64 bits per heavy atom. The van der Waals surface area contributed by atoms with E-state index in [1.54, 1.807) is 11.1 Å². The van der Waals surface area contributed by atoms with Crippen molar-refractivity contribution in [2.24, 2.45) is 0 Å². The van der Waals surface area contributed by atoms with Gasteiger partial charge in [-0.1, -0.05) is 54.4 Å². The molecule has 2 heteroatoms. The van der Waals surface area contributed by atoms with Crippen molar-refractivity contribution in [2.45, 2.75) is 50.4 Å². The van der Waals surface area contributed by atoms with E-state index < -0.39 is 0 Å². The number of piperidine rings is 1. The van der Waals surface area contributed by atoms with Crippen molar-refractivity contribution in [3.63, 3.8) is 0 Å². The molecule has 0 aromatic heterocycles. The summed E-state index contributed by atoms with van der Waals surface area (Å²) in [5.74, 6) is 0. The van der Waals surface area contributed by atoms with E-state index >= 15 is 0 Å². The molecule has 0 spiro atoms. The number of nitrogens with zero attached hydrogens (tertiary/aromatic N) is 1. The van der Waals surface area contributed by atoms with Crippen molar-refractivity contribution >= 4 is 11.6 Å². The van der Waals surface area contributed by atoms with Gasteiger partial charge < -0.3 is 4.90 Å². The molecule has 1 nitrogen and oxygen atoms in total. The predicted molar refractivity (Wildman–Crippen MR) is 107 cm³/mol. The highest BCUT2D eigenvalue weighted by molar-refractivity contribution is 6.30. The molecule has 1 fully saturated rings. The predicted octanol–water partition coefficient (Wildman–Crippen LogP) is 5.84. The Labute approximate surface area is 157 Å². The Morgan fingerprint density at radius 3 is 2.44 bits per heavy atom. The molecule has 0 bridgehead atoms. The van der Waals surface area contributed by atoms with Crippen LogP contribution < -0.4 is 0 Å². The zero-order valence-electron chi connectivity index (χ0n) is 15.0. The number of benzene rings is 2. The highest BCUT2D eigenvalue weighted by Crippen LogP contribution is 2.45. The topological polar surface area (TPSA) is 3.24 Å². The van der Waals surface area contributed by atoms with E-state index in [4.69, 9.17) is 11.6 Å². The van der Waals surface area contributed by atoms with Crippen LogP contribution in [-0.2, 0) is 11.8 Å². The minimum Gasteiger partial charge on any atom is -0.303 e. The molecule has 132 valence electrons. The lowest BCUT2D eigenvalue weighted by Gasteiger charge is -2.42. The van der Waals surface area contributed by atoms with E-state index in [0.717, 1.165) is 5.02 Å². The molecule has 2 aliphatic rings. The Kier molecular flexibility index (Phi) is 5.15. The highest BCUT2D eigenvalue weighted by atomic mass is 35.5. The fourth-order valence-electron chi connectivity index (χ4n) is 4.93. The van der Waals surface area contributed by atoms with E-state index in [9.17, 15) is 0 Å². The Balaban J connectivity index is 1.70. The Hall–Kier alpha value is -1.31. The third-order valence-electron chi connectivity index (χ3n) is 6.28. The van der Waals surface area contributed by atoms with Crippen LogP contribution in [0.25, 0.3) is 0 Å². The molecule has 0 amide bonds. The molecule has 2 aromatic carbocycles. The molecule has 1 heterocycles. The molecule has 0 saturated carbocycles. The van der Waals surface area contributed by atoms with Crippen LogP contribution in [0.4, 0.5) is 0 Å². The lowest BCUT2D eigenvalue weighted by atomic mass is 9.64. The third kappa shape index (κ3) is 3.50. The van der Waals surface area contributed by atoms with Crippen LogP contribution in [-0.4, -0.2) is 24.5 Å². The zero-order chi connectivity index (χ0) is 17.1. The average molecular weight is 354 g/mol. The van der Waals surface area contributed by atoms with Crippen LogP contribution in [0.1, 0.15) is 55.2 Å². The number of rotatable bonds is 4. The monoisotopic (exact) mass is 353 g/mol. The number of halogens is 1. The standard InChI is InChI=1S/C23H28ClN/c24-21-12-10-20(11-13-21)23(15-18-25-16-4-1-5-17-25)14-6-8-19-7-2-3-9-22(19)23/h2-3,7,9-13H,1,4-6,8,14-18H2/t23-/m0/s1. The second-order valence-electron chi connectivity index (χ2n) is 7.75. The van der Waals surface area contributed by atoms with Crippen LogP contribution in [0.5, 0.6) is 0 Å². The summed E-state index contributed by atoms with van der Waals surface area (Å²) >= 11 is 6.19. The number of hydrogen-bond acceptors (Lipinski definition) is 1. The van der Waals surface area contributed by atoms with Crippen LogP contribution in [0, 0.1) is 0 Å². The quantitative estimate of drug-likeness (QED) is 0.667. The summed E-state index contributed by atoms with van der Waals surface area (Å²) in [6.45, 7) is 3.76. The van der Waals surface area contributed by atoms with Gasteiger partial charge in [0, 0.05) is 10.4 Å². The van der Waals surface area contributed by atoms with Crippen molar-refractivity contribution in [3.05, 3.63) is 70.2 Å². The molecule has 1 aliphatic carbocycles. The van der Waals surface area contributed by atoms with Crippen molar-refractivity contribution in [1.29, 1.82) is 0 Å². The molecule has 1 saturated heterocycles. The molecule has 2 aromatic rings. The first-order valence-corrected chi connectivity index (χ1v) is 10.2. The van der Waals surface area contributed by atoms with Gasteiger partial charge in [0.2, 0.25) is 0 Å². The average Bonchev–Trinajstić information content (AvgIpc) is 2.68. The van der Waals surface area contributed by atoms with E-state index in [0.29, 0.717) is 0 Å². The summed E-state index contributed by atoms with van der Waals surface area (Å²) in [7, 11) is 0. The first-order valence-electron chi connectivity index (χ1n) is 9.85. The van der Waals surface area contributed by atoms with E-state index in [1.165, 1.54) is 70.1 Å². The molecule has 1 aliphatic heterocycles. The maximum Gasteiger partial charge on any atom is 0.0406 e. The number of hydrogen-bond donors (Lipinski definition) is 0. The molecule has 25 heavy (non-hydrogen) atoms. The minimum atomic E-state index is 0.150. The van der Waals surface area contributed by atoms with Crippen molar-refractivity contribution < 1.29 is 0 Å². The lowest BCUT2D eigenvalue weighted by Crippen LogP contribution is -2.38. The van der Waals surface area contributed by atoms with Gasteiger partial charge in [-0.05, 0) is 87.0 Å². The van der Waals surface area contributed by atoms with Crippen LogP contribution in [0.15, 0.2) is 48.5 Å². The Morgan fingerprint density at radius 1 is 0.880 bits per heavy atom. The largest absolute Gasteiger partial charge is 0.303 e. The van der Waals surface area contributed by atoms with Crippen molar-refractivity contribution in [3.8, 4) is 0 Å². The van der Waals surface area contributed by atoms with Gasteiger partial charge >= 0.3 is 0 Å². The molecule has 0 radical (unpaired) electrons. The van der Waals surface area contributed by atoms with Crippen molar-refractivity contribution in [2.75, 3.05) is 19.6 Å². The van der Waals surface area contributed by atoms with Gasteiger partial charge in [-0.2, -0.15) is 0 Å². The Bertz CT molecular complexity index is 702.